The molecular weight excluding hydrogens is 219 g/mol. The zero-order chi connectivity index (χ0) is 10.4. The number of anilines is 1. The number of nitrogens with zero attached hydrogens (tertiary/aromatic N) is 1. The highest BCUT2D eigenvalue weighted by molar-refractivity contribution is 6.30. The van der Waals surface area contributed by atoms with Crippen LogP contribution in [-0.2, 0) is 0 Å². The van der Waals surface area contributed by atoms with Crippen LogP contribution < -0.4 is 5.32 Å². The first kappa shape index (κ1) is 11.6. The number of nitrogens with one attached hydrogen (secondary N) is 1. The quantitative estimate of drug-likeness (QED) is 0.788. The SMILES string of the molecule is CC(CCCl)CNc1ccc(Cl)cn1. The monoisotopic (exact) mass is 232 g/mol. The molecule has 14 heavy (non-hydrogen) atoms. The maximum atomic E-state index is 5.72. The molecule has 1 N–H and O–H groups in total. The Morgan fingerprint density at radius 1 is 1.50 bits per heavy atom. The maximum Gasteiger partial charge on any atom is 0.125 e. The Balaban J connectivity index is 2.34. The van der Waals surface area contributed by atoms with Gasteiger partial charge in [0.1, 0.15) is 5.82 Å². The predicted octanol–water partition coefficient (Wildman–Crippen LogP) is 3.41. The molecule has 0 bridgehead atoms. The van der Waals surface area contributed by atoms with E-state index in [1.165, 1.54) is 0 Å². The second-order valence-electron chi connectivity index (χ2n) is 3.33. The number of hydrogen-bond acceptors (Lipinski definition) is 2. The average Bonchev–Trinajstić information content (AvgIpc) is 2.17. The molecule has 1 heterocycles. The van der Waals surface area contributed by atoms with Crippen LogP contribution in [0.4, 0.5) is 5.82 Å². The second-order valence-corrected chi connectivity index (χ2v) is 4.14. The molecule has 78 valence electrons. The van der Waals surface area contributed by atoms with Gasteiger partial charge in [-0.2, -0.15) is 0 Å². The molecule has 1 rings (SSSR count). The molecule has 0 aliphatic heterocycles. The molecule has 4 heteroatoms. The number of rotatable bonds is 5. The summed E-state index contributed by atoms with van der Waals surface area (Å²) in [6.07, 6.45) is 2.65. The summed E-state index contributed by atoms with van der Waals surface area (Å²) in [4.78, 5) is 4.13. The van der Waals surface area contributed by atoms with Crippen molar-refractivity contribution in [3.05, 3.63) is 23.4 Å². The number of pyridine rings is 1. The number of alkyl halides is 1. The first-order chi connectivity index (χ1) is 6.72. The third-order valence-electron chi connectivity index (χ3n) is 1.96. The van der Waals surface area contributed by atoms with Crippen LogP contribution in [0.1, 0.15) is 13.3 Å². The van der Waals surface area contributed by atoms with E-state index in [0.29, 0.717) is 16.8 Å². The number of hydrogen-bond donors (Lipinski definition) is 1. The van der Waals surface area contributed by atoms with Crippen molar-refractivity contribution in [3.8, 4) is 0 Å². The largest absolute Gasteiger partial charge is 0.370 e. The molecule has 1 aromatic heterocycles. The maximum absolute atomic E-state index is 5.72. The van der Waals surface area contributed by atoms with Crippen molar-refractivity contribution in [3.63, 3.8) is 0 Å². The average molecular weight is 233 g/mol. The molecule has 0 aliphatic rings. The van der Waals surface area contributed by atoms with Gasteiger partial charge in [-0.3, -0.25) is 0 Å². The third kappa shape index (κ3) is 4.16. The van der Waals surface area contributed by atoms with Crippen LogP contribution in [-0.4, -0.2) is 17.4 Å². The lowest BCUT2D eigenvalue weighted by molar-refractivity contribution is 0.596. The summed E-state index contributed by atoms with van der Waals surface area (Å²) in [5.41, 5.74) is 0. The fraction of sp³-hybridized carbons (Fsp3) is 0.500. The molecule has 1 unspecified atom stereocenters. The normalized spacial score (nSPS) is 12.5. The highest BCUT2D eigenvalue weighted by Gasteiger charge is 2.01. The van der Waals surface area contributed by atoms with Crippen molar-refractivity contribution in [1.29, 1.82) is 0 Å². The topological polar surface area (TPSA) is 24.9 Å². The molecule has 0 aromatic carbocycles. The molecule has 1 atom stereocenters. The Morgan fingerprint density at radius 2 is 2.29 bits per heavy atom. The van der Waals surface area contributed by atoms with E-state index in [1.54, 1.807) is 6.20 Å². The van der Waals surface area contributed by atoms with Crippen LogP contribution in [0.25, 0.3) is 0 Å². The van der Waals surface area contributed by atoms with Crippen molar-refractivity contribution in [2.24, 2.45) is 5.92 Å². The van der Waals surface area contributed by atoms with Crippen molar-refractivity contribution < 1.29 is 0 Å². The second kappa shape index (κ2) is 6.10. The smallest absolute Gasteiger partial charge is 0.125 e. The van der Waals surface area contributed by atoms with E-state index in [4.69, 9.17) is 23.2 Å². The van der Waals surface area contributed by atoms with E-state index in [0.717, 1.165) is 18.8 Å². The minimum atomic E-state index is 0.560. The number of halogens is 2. The first-order valence-electron chi connectivity index (χ1n) is 4.63. The predicted molar refractivity (Wildman–Crippen MR) is 62.2 cm³/mol. The summed E-state index contributed by atoms with van der Waals surface area (Å²) in [7, 11) is 0. The summed E-state index contributed by atoms with van der Waals surface area (Å²) >= 11 is 11.4. The Labute approximate surface area is 94.6 Å². The minimum absolute atomic E-state index is 0.560. The van der Waals surface area contributed by atoms with E-state index in [1.807, 2.05) is 12.1 Å². The third-order valence-corrected chi connectivity index (χ3v) is 2.40. The fourth-order valence-electron chi connectivity index (χ4n) is 1.05. The van der Waals surface area contributed by atoms with Gasteiger partial charge < -0.3 is 5.32 Å². The Hall–Kier alpha value is -0.470. The zero-order valence-electron chi connectivity index (χ0n) is 8.13. The Morgan fingerprint density at radius 3 is 2.86 bits per heavy atom. The van der Waals surface area contributed by atoms with Crippen LogP contribution in [0.15, 0.2) is 18.3 Å². The summed E-state index contributed by atoms with van der Waals surface area (Å²) in [5.74, 6) is 2.12. The Bertz CT molecular complexity index is 261. The van der Waals surface area contributed by atoms with E-state index in [2.05, 4.69) is 17.2 Å². The first-order valence-corrected chi connectivity index (χ1v) is 5.55. The van der Waals surface area contributed by atoms with Gasteiger partial charge in [0.05, 0.1) is 5.02 Å². The molecule has 0 radical (unpaired) electrons. The van der Waals surface area contributed by atoms with Crippen LogP contribution in [0.2, 0.25) is 5.02 Å². The Kier molecular flexibility index (Phi) is 5.05. The van der Waals surface area contributed by atoms with Gasteiger partial charge in [0.25, 0.3) is 0 Å². The molecule has 0 spiro atoms. The zero-order valence-corrected chi connectivity index (χ0v) is 9.65. The fourth-order valence-corrected chi connectivity index (χ4v) is 1.53. The summed E-state index contributed by atoms with van der Waals surface area (Å²) < 4.78 is 0. The van der Waals surface area contributed by atoms with Gasteiger partial charge in [-0.1, -0.05) is 18.5 Å². The van der Waals surface area contributed by atoms with Gasteiger partial charge in [0.15, 0.2) is 0 Å². The van der Waals surface area contributed by atoms with E-state index in [9.17, 15) is 0 Å². The lowest BCUT2D eigenvalue weighted by Crippen LogP contribution is -2.12. The van der Waals surface area contributed by atoms with Crippen molar-refractivity contribution in [1.82, 2.24) is 4.98 Å². The summed E-state index contributed by atoms with van der Waals surface area (Å²) in [5, 5.41) is 3.88. The minimum Gasteiger partial charge on any atom is -0.370 e. The highest BCUT2D eigenvalue weighted by Crippen LogP contribution is 2.10. The number of aromatic nitrogens is 1. The highest BCUT2D eigenvalue weighted by atomic mass is 35.5. The lowest BCUT2D eigenvalue weighted by Gasteiger charge is -2.11. The lowest BCUT2D eigenvalue weighted by atomic mass is 10.1. The van der Waals surface area contributed by atoms with E-state index >= 15 is 0 Å². The van der Waals surface area contributed by atoms with E-state index in [-0.39, 0.29) is 0 Å². The molecule has 0 saturated heterocycles. The van der Waals surface area contributed by atoms with Gasteiger partial charge in [0, 0.05) is 18.6 Å². The van der Waals surface area contributed by atoms with Crippen molar-refractivity contribution in [2.75, 3.05) is 17.7 Å². The van der Waals surface area contributed by atoms with Gasteiger partial charge in [0.2, 0.25) is 0 Å². The molecule has 2 nitrogen and oxygen atoms in total. The van der Waals surface area contributed by atoms with Gasteiger partial charge in [-0.15, -0.1) is 11.6 Å². The molecule has 0 fully saturated rings. The van der Waals surface area contributed by atoms with Gasteiger partial charge >= 0.3 is 0 Å². The molecule has 0 amide bonds. The standard InChI is InChI=1S/C10H14Cl2N2/c1-8(4-5-11)6-13-10-3-2-9(12)7-14-10/h2-3,7-8H,4-6H2,1H3,(H,13,14). The molecule has 0 saturated carbocycles. The summed E-state index contributed by atoms with van der Waals surface area (Å²) in [6.45, 7) is 3.05. The van der Waals surface area contributed by atoms with Crippen molar-refractivity contribution >= 4 is 29.0 Å². The molecule has 0 aliphatic carbocycles. The van der Waals surface area contributed by atoms with Crippen LogP contribution >= 0.6 is 23.2 Å². The van der Waals surface area contributed by atoms with Crippen molar-refractivity contribution in [2.45, 2.75) is 13.3 Å². The van der Waals surface area contributed by atoms with Crippen LogP contribution in [0.5, 0.6) is 0 Å². The van der Waals surface area contributed by atoms with Crippen LogP contribution in [0.3, 0.4) is 0 Å². The summed E-state index contributed by atoms with van der Waals surface area (Å²) in [6, 6.07) is 3.69. The molecular formula is C10H14Cl2N2. The van der Waals surface area contributed by atoms with E-state index < -0.39 is 0 Å². The van der Waals surface area contributed by atoms with Gasteiger partial charge in [-0.25, -0.2) is 4.98 Å². The van der Waals surface area contributed by atoms with Crippen LogP contribution in [0, 0.1) is 5.92 Å². The molecule has 1 aromatic rings. The van der Waals surface area contributed by atoms with Gasteiger partial charge in [-0.05, 0) is 24.5 Å².